The van der Waals surface area contributed by atoms with Crippen LogP contribution in [0, 0.1) is 0 Å². The number of likely N-dealkylation sites (N-methyl/N-ethyl adjacent to an activating group) is 1. The quantitative estimate of drug-likeness (QED) is 0.231. The van der Waals surface area contributed by atoms with Crippen LogP contribution in [0.4, 0.5) is 0 Å². The molecule has 7 heteroatoms. The molecule has 1 saturated heterocycles. The van der Waals surface area contributed by atoms with Gasteiger partial charge in [0.2, 0.25) is 0 Å². The van der Waals surface area contributed by atoms with Crippen LogP contribution in [-0.2, 0) is 9.59 Å². The number of ketones is 1. The molecule has 0 spiro atoms. The summed E-state index contributed by atoms with van der Waals surface area (Å²) in [6, 6.07) is 13.5. The summed E-state index contributed by atoms with van der Waals surface area (Å²) >= 11 is 0. The lowest BCUT2D eigenvalue weighted by molar-refractivity contribution is -0.140. The fraction of sp³-hybridized carbons (Fsp3) is 0.407. The topological polar surface area (TPSA) is 79.3 Å². The zero-order valence-electron chi connectivity index (χ0n) is 20.4. The molecule has 1 atom stereocenters. The number of Topliss-reactive ketones (excluding diaryl/α,β-unsaturated/α-hetero) is 1. The van der Waals surface area contributed by atoms with E-state index in [0.29, 0.717) is 48.9 Å². The first kappa shape index (κ1) is 25.3. The average Bonchev–Trinajstić information content (AvgIpc) is 3.08. The fourth-order valence-corrected chi connectivity index (χ4v) is 3.93. The summed E-state index contributed by atoms with van der Waals surface area (Å²) < 4.78 is 11.7. The molecule has 7 nitrogen and oxygen atoms in total. The van der Waals surface area contributed by atoms with Crippen molar-refractivity contribution in [3.8, 4) is 11.5 Å². The van der Waals surface area contributed by atoms with Crippen molar-refractivity contribution in [2.45, 2.75) is 32.7 Å². The van der Waals surface area contributed by atoms with Gasteiger partial charge in [0.1, 0.15) is 5.76 Å². The first-order chi connectivity index (χ1) is 16.4. The lowest BCUT2D eigenvalue weighted by atomic mass is 9.95. The second-order valence-electron chi connectivity index (χ2n) is 8.50. The Kier molecular flexibility index (Phi) is 8.71. The van der Waals surface area contributed by atoms with Crippen LogP contribution in [0.25, 0.3) is 5.76 Å². The number of carbonyl (C=O) groups is 2. The lowest BCUT2D eigenvalue weighted by Gasteiger charge is -2.27. The molecule has 182 valence electrons. The molecule has 1 N–H and O–H groups in total. The monoisotopic (exact) mass is 466 g/mol. The molecule has 0 radical (unpaired) electrons. The molecule has 2 aromatic rings. The van der Waals surface area contributed by atoms with Gasteiger partial charge in [0.15, 0.2) is 11.5 Å². The molecular formula is C27H34N2O5. The highest BCUT2D eigenvalue weighted by Crippen LogP contribution is 2.42. The molecule has 1 aliphatic heterocycles. The molecule has 1 unspecified atom stereocenters. The third-order valence-corrected chi connectivity index (χ3v) is 5.71. The van der Waals surface area contributed by atoms with E-state index in [1.165, 1.54) is 4.90 Å². The van der Waals surface area contributed by atoms with E-state index in [1.54, 1.807) is 24.3 Å². The molecule has 1 aliphatic rings. The maximum absolute atomic E-state index is 13.1. The average molecular weight is 467 g/mol. The Morgan fingerprint density at radius 1 is 1.03 bits per heavy atom. The van der Waals surface area contributed by atoms with E-state index >= 15 is 0 Å². The minimum atomic E-state index is -0.732. The zero-order valence-corrected chi connectivity index (χ0v) is 20.4. The van der Waals surface area contributed by atoms with Crippen LogP contribution in [-0.4, -0.2) is 67.0 Å². The Bertz CT molecular complexity index is 1030. The largest absolute Gasteiger partial charge is 0.507 e. The summed E-state index contributed by atoms with van der Waals surface area (Å²) in [6.45, 7) is 5.92. The normalized spacial score (nSPS) is 17.4. The minimum absolute atomic E-state index is 0.0806. The molecule has 2 aromatic carbocycles. The molecule has 0 aliphatic carbocycles. The number of rotatable bonds is 11. The van der Waals surface area contributed by atoms with Crippen LogP contribution in [0.15, 0.2) is 54.1 Å². The third kappa shape index (κ3) is 5.59. The van der Waals surface area contributed by atoms with E-state index in [1.807, 2.05) is 50.2 Å². The highest BCUT2D eigenvalue weighted by atomic mass is 16.5. The van der Waals surface area contributed by atoms with Crippen LogP contribution in [0.2, 0.25) is 0 Å². The molecule has 3 rings (SSSR count). The van der Waals surface area contributed by atoms with E-state index in [0.717, 1.165) is 12.8 Å². The van der Waals surface area contributed by atoms with E-state index in [4.69, 9.17) is 9.47 Å². The Labute approximate surface area is 201 Å². The van der Waals surface area contributed by atoms with Crippen molar-refractivity contribution in [2.24, 2.45) is 0 Å². The van der Waals surface area contributed by atoms with E-state index < -0.39 is 17.7 Å². The zero-order chi connectivity index (χ0) is 24.7. The number of aliphatic hydroxyl groups is 1. The first-order valence-corrected chi connectivity index (χ1v) is 11.8. The van der Waals surface area contributed by atoms with Gasteiger partial charge >= 0.3 is 0 Å². The number of amides is 1. The number of unbranched alkanes of at least 4 members (excludes halogenated alkanes) is 1. The number of likely N-dealkylation sites (tertiary alicyclic amines) is 1. The Balaban J connectivity index is 2.11. The van der Waals surface area contributed by atoms with Gasteiger partial charge in [-0.15, -0.1) is 0 Å². The maximum atomic E-state index is 13.1. The molecule has 1 amide bonds. The predicted octanol–water partition coefficient (Wildman–Crippen LogP) is 4.25. The van der Waals surface area contributed by atoms with Crippen LogP contribution >= 0.6 is 0 Å². The summed E-state index contributed by atoms with van der Waals surface area (Å²) in [4.78, 5) is 29.7. The first-order valence-electron chi connectivity index (χ1n) is 11.8. The van der Waals surface area contributed by atoms with Gasteiger partial charge in [0, 0.05) is 18.7 Å². The fourth-order valence-electron chi connectivity index (χ4n) is 3.93. The van der Waals surface area contributed by atoms with E-state index in [2.05, 4.69) is 6.92 Å². The van der Waals surface area contributed by atoms with Gasteiger partial charge in [-0.1, -0.05) is 49.7 Å². The van der Waals surface area contributed by atoms with Crippen LogP contribution < -0.4 is 9.47 Å². The van der Waals surface area contributed by atoms with E-state index in [-0.39, 0.29) is 11.3 Å². The minimum Gasteiger partial charge on any atom is -0.507 e. The van der Waals surface area contributed by atoms with Crippen LogP contribution in [0.5, 0.6) is 11.5 Å². The molecular weight excluding hydrogens is 432 g/mol. The highest BCUT2D eigenvalue weighted by Gasteiger charge is 2.46. The van der Waals surface area contributed by atoms with Crippen molar-refractivity contribution in [1.29, 1.82) is 0 Å². The number of hydrogen-bond donors (Lipinski definition) is 1. The van der Waals surface area contributed by atoms with Gasteiger partial charge in [-0.05, 0) is 45.1 Å². The second-order valence-corrected chi connectivity index (χ2v) is 8.50. The van der Waals surface area contributed by atoms with Crippen molar-refractivity contribution in [3.05, 3.63) is 65.2 Å². The molecule has 0 saturated carbocycles. The van der Waals surface area contributed by atoms with Gasteiger partial charge in [-0.25, -0.2) is 0 Å². The van der Waals surface area contributed by atoms with Gasteiger partial charge in [-0.2, -0.15) is 0 Å². The van der Waals surface area contributed by atoms with Crippen molar-refractivity contribution in [2.75, 3.05) is 40.4 Å². The van der Waals surface area contributed by atoms with Gasteiger partial charge in [-0.3, -0.25) is 9.59 Å². The lowest BCUT2D eigenvalue weighted by Crippen LogP contribution is -2.35. The maximum Gasteiger partial charge on any atom is 0.295 e. The third-order valence-electron chi connectivity index (χ3n) is 5.71. The predicted molar refractivity (Wildman–Crippen MR) is 132 cm³/mol. The SMILES string of the molecule is CCCCOc1ccc(C2/C(=C(\O)c3ccccc3)C(=O)C(=O)N2CCN(C)C)cc1OCC. The molecule has 1 heterocycles. The summed E-state index contributed by atoms with van der Waals surface area (Å²) in [7, 11) is 3.82. The standard InChI is InChI=1S/C27H34N2O5/c1-5-7-17-34-21-14-13-20(18-22(21)33-6-2)24-23(25(30)19-11-9-8-10-12-19)26(31)27(32)29(24)16-15-28(3)4/h8-14,18,24,30H,5-7,15-17H2,1-4H3/b25-23+. The number of hydrogen-bond acceptors (Lipinski definition) is 6. The van der Waals surface area contributed by atoms with Crippen LogP contribution in [0.1, 0.15) is 43.9 Å². The summed E-state index contributed by atoms with van der Waals surface area (Å²) in [5.74, 6) is -0.323. The molecule has 0 aromatic heterocycles. The summed E-state index contributed by atoms with van der Waals surface area (Å²) in [5.41, 5.74) is 1.25. The highest BCUT2D eigenvalue weighted by molar-refractivity contribution is 6.46. The second kappa shape index (κ2) is 11.7. The van der Waals surface area contributed by atoms with Gasteiger partial charge in [0.25, 0.3) is 11.7 Å². The number of aliphatic hydroxyl groups excluding tert-OH is 1. The number of ether oxygens (including phenoxy) is 2. The molecule has 1 fully saturated rings. The van der Waals surface area contributed by atoms with Crippen molar-refractivity contribution in [1.82, 2.24) is 9.80 Å². The Hall–Kier alpha value is -3.32. The number of benzene rings is 2. The molecule has 0 bridgehead atoms. The molecule has 34 heavy (non-hydrogen) atoms. The number of carbonyl (C=O) groups excluding carboxylic acids is 2. The summed E-state index contributed by atoms with van der Waals surface area (Å²) in [5, 5.41) is 11.1. The van der Waals surface area contributed by atoms with Crippen molar-refractivity contribution in [3.63, 3.8) is 0 Å². The van der Waals surface area contributed by atoms with E-state index in [9.17, 15) is 14.7 Å². The van der Waals surface area contributed by atoms with Gasteiger partial charge < -0.3 is 24.4 Å². The Morgan fingerprint density at radius 2 is 1.76 bits per heavy atom. The Morgan fingerprint density at radius 3 is 2.41 bits per heavy atom. The number of nitrogens with zero attached hydrogens (tertiary/aromatic N) is 2. The van der Waals surface area contributed by atoms with Crippen molar-refractivity contribution < 1.29 is 24.2 Å². The van der Waals surface area contributed by atoms with Gasteiger partial charge in [0.05, 0.1) is 24.8 Å². The van der Waals surface area contributed by atoms with Crippen LogP contribution in [0.3, 0.4) is 0 Å². The smallest absolute Gasteiger partial charge is 0.295 e. The summed E-state index contributed by atoms with van der Waals surface area (Å²) in [6.07, 6.45) is 1.94. The van der Waals surface area contributed by atoms with Crippen molar-refractivity contribution >= 4 is 17.4 Å².